The molecule has 156 valence electrons. The van der Waals surface area contributed by atoms with Crippen LogP contribution in [0.1, 0.15) is 55.1 Å². The fourth-order valence-corrected chi connectivity index (χ4v) is 3.30. The second-order valence-corrected chi connectivity index (χ2v) is 7.81. The highest BCUT2D eigenvalue weighted by atomic mass is 16.2. The number of likely N-dealkylation sites (N-methyl/N-ethyl adjacent to an activating group) is 1. The third-order valence-corrected chi connectivity index (χ3v) is 5.08. The van der Waals surface area contributed by atoms with E-state index in [9.17, 15) is 9.59 Å². The molecule has 0 aliphatic heterocycles. The van der Waals surface area contributed by atoms with Gasteiger partial charge in [0.25, 0.3) is 11.8 Å². The number of hydrogen-bond donors (Lipinski definition) is 2. The van der Waals surface area contributed by atoms with E-state index in [1.54, 1.807) is 29.2 Å². The van der Waals surface area contributed by atoms with Crippen molar-refractivity contribution in [1.82, 2.24) is 4.90 Å². The van der Waals surface area contributed by atoms with E-state index in [-0.39, 0.29) is 11.8 Å². The van der Waals surface area contributed by atoms with Gasteiger partial charge in [-0.2, -0.15) is 0 Å². The lowest BCUT2D eigenvalue weighted by atomic mass is 10.0. The molecule has 2 rings (SSSR count). The molecule has 2 amide bonds. The van der Waals surface area contributed by atoms with Crippen molar-refractivity contribution >= 4 is 17.5 Å². The van der Waals surface area contributed by atoms with Crippen molar-refractivity contribution in [2.24, 2.45) is 0 Å². The zero-order valence-corrected chi connectivity index (χ0v) is 18.3. The van der Waals surface area contributed by atoms with Crippen LogP contribution in [0.25, 0.3) is 0 Å². The first-order valence-electron chi connectivity index (χ1n) is 10.4. The normalized spacial score (nSPS) is 11.9. The quantitative estimate of drug-likeness (QED) is 0.685. The van der Waals surface area contributed by atoms with Crippen LogP contribution in [0.2, 0.25) is 0 Å². The Balaban J connectivity index is 1.87. The standard InChI is InChI=1S/C24H33N3O2/c1-6-27(7-2)24(29)21-12-14-22(15-13-21)25-23(28)17-26(5)16-19-8-10-20(11-9-19)18(3)4/h8-15,18H,6-7,16-17H2,1-5H3,(H,25,28)/p+1. The predicted octanol–water partition coefficient (Wildman–Crippen LogP) is 2.95. The van der Waals surface area contributed by atoms with E-state index in [4.69, 9.17) is 0 Å². The smallest absolute Gasteiger partial charge is 0.279 e. The molecule has 0 heterocycles. The predicted molar refractivity (Wildman–Crippen MR) is 118 cm³/mol. The van der Waals surface area contributed by atoms with Crippen molar-refractivity contribution in [2.75, 3.05) is 32.0 Å². The molecule has 0 fully saturated rings. The number of anilines is 1. The maximum atomic E-state index is 12.4. The lowest BCUT2D eigenvalue weighted by Gasteiger charge is -2.18. The minimum atomic E-state index is -0.0379. The molecule has 2 aromatic carbocycles. The van der Waals surface area contributed by atoms with Crippen molar-refractivity contribution < 1.29 is 14.5 Å². The molecule has 0 spiro atoms. The SMILES string of the molecule is CCN(CC)C(=O)c1ccc(NC(=O)C[NH+](C)Cc2ccc(C(C)C)cc2)cc1. The molecular weight excluding hydrogens is 362 g/mol. The maximum absolute atomic E-state index is 12.4. The number of quaternary nitrogens is 1. The second kappa shape index (κ2) is 10.8. The van der Waals surface area contributed by atoms with Crippen molar-refractivity contribution in [3.8, 4) is 0 Å². The number of rotatable bonds is 9. The highest BCUT2D eigenvalue weighted by Gasteiger charge is 2.14. The Labute approximate surface area is 174 Å². The fraction of sp³-hybridized carbons (Fsp3) is 0.417. The maximum Gasteiger partial charge on any atom is 0.279 e. The van der Waals surface area contributed by atoms with E-state index in [1.165, 1.54) is 11.1 Å². The van der Waals surface area contributed by atoms with Crippen LogP contribution in [0, 0.1) is 0 Å². The van der Waals surface area contributed by atoms with E-state index in [2.05, 4.69) is 43.4 Å². The summed E-state index contributed by atoms with van der Waals surface area (Å²) in [5.41, 5.74) is 3.89. The minimum Gasteiger partial charge on any atom is -0.339 e. The molecule has 0 saturated heterocycles. The van der Waals surface area contributed by atoms with Crippen LogP contribution in [-0.2, 0) is 11.3 Å². The Morgan fingerprint density at radius 3 is 2.07 bits per heavy atom. The summed E-state index contributed by atoms with van der Waals surface area (Å²) in [6.45, 7) is 10.8. The van der Waals surface area contributed by atoms with Crippen LogP contribution in [0.15, 0.2) is 48.5 Å². The number of amides is 2. The number of carbonyl (C=O) groups excluding carboxylic acids is 2. The molecular formula is C24H34N3O2+. The zero-order chi connectivity index (χ0) is 21.4. The van der Waals surface area contributed by atoms with Gasteiger partial charge >= 0.3 is 0 Å². The fourth-order valence-electron chi connectivity index (χ4n) is 3.30. The molecule has 5 nitrogen and oxygen atoms in total. The molecule has 1 atom stereocenters. The molecule has 0 bridgehead atoms. The first-order valence-corrected chi connectivity index (χ1v) is 10.4. The third kappa shape index (κ3) is 6.71. The van der Waals surface area contributed by atoms with Gasteiger partial charge in [0.05, 0.1) is 7.05 Å². The molecule has 2 N–H and O–H groups in total. The molecule has 5 heteroatoms. The summed E-state index contributed by atoms with van der Waals surface area (Å²) >= 11 is 0. The van der Waals surface area contributed by atoms with Gasteiger partial charge in [-0.15, -0.1) is 0 Å². The highest BCUT2D eigenvalue weighted by molar-refractivity contribution is 5.96. The molecule has 0 aromatic heterocycles. The van der Waals surface area contributed by atoms with Gasteiger partial charge in [-0.3, -0.25) is 9.59 Å². The van der Waals surface area contributed by atoms with Crippen LogP contribution in [0.5, 0.6) is 0 Å². The van der Waals surface area contributed by atoms with E-state index < -0.39 is 0 Å². The lowest BCUT2D eigenvalue weighted by molar-refractivity contribution is -0.885. The Morgan fingerprint density at radius 1 is 0.966 bits per heavy atom. The monoisotopic (exact) mass is 396 g/mol. The van der Waals surface area contributed by atoms with E-state index >= 15 is 0 Å². The summed E-state index contributed by atoms with van der Waals surface area (Å²) in [7, 11) is 2.02. The number of benzene rings is 2. The highest BCUT2D eigenvalue weighted by Crippen LogP contribution is 2.14. The van der Waals surface area contributed by atoms with Crippen molar-refractivity contribution in [2.45, 2.75) is 40.2 Å². The Morgan fingerprint density at radius 2 is 1.55 bits per heavy atom. The zero-order valence-electron chi connectivity index (χ0n) is 18.3. The van der Waals surface area contributed by atoms with Crippen LogP contribution in [0.3, 0.4) is 0 Å². The average Bonchev–Trinajstić information content (AvgIpc) is 2.69. The van der Waals surface area contributed by atoms with E-state index in [1.807, 2.05) is 20.9 Å². The van der Waals surface area contributed by atoms with Gasteiger partial charge in [0, 0.05) is 29.9 Å². The topological polar surface area (TPSA) is 53.9 Å². The molecule has 0 aliphatic carbocycles. The summed E-state index contributed by atoms with van der Waals surface area (Å²) in [5, 5.41) is 2.92. The third-order valence-electron chi connectivity index (χ3n) is 5.08. The Hall–Kier alpha value is -2.66. The van der Waals surface area contributed by atoms with Gasteiger partial charge in [-0.1, -0.05) is 38.1 Å². The summed E-state index contributed by atoms with van der Waals surface area (Å²) in [5.74, 6) is 0.498. The average molecular weight is 397 g/mol. The van der Waals surface area contributed by atoms with Crippen LogP contribution >= 0.6 is 0 Å². The van der Waals surface area contributed by atoms with Gasteiger partial charge in [0.15, 0.2) is 6.54 Å². The molecule has 0 aliphatic rings. The van der Waals surface area contributed by atoms with Gasteiger partial charge in [0.2, 0.25) is 0 Å². The van der Waals surface area contributed by atoms with E-state index in [0.29, 0.717) is 36.8 Å². The molecule has 0 radical (unpaired) electrons. The molecule has 0 saturated carbocycles. The molecule has 29 heavy (non-hydrogen) atoms. The minimum absolute atomic E-state index is 0.0144. The van der Waals surface area contributed by atoms with Crippen molar-refractivity contribution in [3.05, 3.63) is 65.2 Å². The lowest BCUT2D eigenvalue weighted by Crippen LogP contribution is -3.08. The van der Waals surface area contributed by atoms with Gasteiger partial charge in [-0.25, -0.2) is 0 Å². The Kier molecular flexibility index (Phi) is 8.40. The summed E-state index contributed by atoms with van der Waals surface area (Å²) in [6.07, 6.45) is 0. The van der Waals surface area contributed by atoms with Gasteiger partial charge in [0.1, 0.15) is 6.54 Å². The first-order chi connectivity index (χ1) is 13.8. The number of carbonyl (C=O) groups is 2. The van der Waals surface area contributed by atoms with E-state index in [0.717, 1.165) is 11.4 Å². The number of nitrogens with zero attached hydrogens (tertiary/aromatic N) is 1. The van der Waals surface area contributed by atoms with Gasteiger partial charge < -0.3 is 15.1 Å². The molecule has 2 aromatic rings. The molecule has 1 unspecified atom stereocenters. The van der Waals surface area contributed by atoms with Gasteiger partial charge in [-0.05, 0) is 49.6 Å². The van der Waals surface area contributed by atoms with Crippen LogP contribution < -0.4 is 10.2 Å². The first kappa shape index (κ1) is 22.6. The number of hydrogen-bond acceptors (Lipinski definition) is 2. The summed E-state index contributed by atoms with van der Waals surface area (Å²) < 4.78 is 0. The Bertz CT molecular complexity index is 794. The van der Waals surface area contributed by atoms with Crippen molar-refractivity contribution in [1.29, 1.82) is 0 Å². The number of nitrogens with one attached hydrogen (secondary N) is 2. The largest absolute Gasteiger partial charge is 0.339 e. The summed E-state index contributed by atoms with van der Waals surface area (Å²) in [6, 6.07) is 15.7. The van der Waals surface area contributed by atoms with Crippen LogP contribution in [-0.4, -0.2) is 43.4 Å². The summed E-state index contributed by atoms with van der Waals surface area (Å²) in [4.78, 5) is 27.6. The second-order valence-electron chi connectivity index (χ2n) is 7.81. The van der Waals surface area contributed by atoms with Crippen LogP contribution in [0.4, 0.5) is 5.69 Å². The van der Waals surface area contributed by atoms with Crippen molar-refractivity contribution in [3.63, 3.8) is 0 Å².